The van der Waals surface area contributed by atoms with Gasteiger partial charge >= 0.3 is 0 Å². The third kappa shape index (κ3) is 2.16. The van der Waals surface area contributed by atoms with Gasteiger partial charge in [-0.05, 0) is 28.1 Å². The van der Waals surface area contributed by atoms with Crippen LogP contribution in [-0.4, -0.2) is 16.5 Å². The lowest BCUT2D eigenvalue weighted by Crippen LogP contribution is -2.25. The summed E-state index contributed by atoms with van der Waals surface area (Å²) in [5, 5.41) is 4.00. The Hall–Kier alpha value is -0.970. The van der Waals surface area contributed by atoms with Crippen LogP contribution in [0.1, 0.15) is 11.3 Å². The summed E-state index contributed by atoms with van der Waals surface area (Å²) in [5.41, 5.74) is 3.13. The van der Waals surface area contributed by atoms with Crippen LogP contribution in [0.15, 0.2) is 28.9 Å². The Bertz CT molecular complexity index is 601. The Balaban J connectivity index is 2.14. The lowest BCUT2D eigenvalue weighted by Gasteiger charge is -2.18. The van der Waals surface area contributed by atoms with E-state index in [1.54, 1.807) is 0 Å². The van der Waals surface area contributed by atoms with Crippen molar-refractivity contribution >= 4 is 27.5 Å². The van der Waals surface area contributed by atoms with Gasteiger partial charge < -0.3 is 5.32 Å². The van der Waals surface area contributed by atoms with Crippen LogP contribution >= 0.6 is 27.5 Å². The van der Waals surface area contributed by atoms with Crippen molar-refractivity contribution in [3.63, 3.8) is 0 Å². The molecule has 0 atom stereocenters. The molecular weight excluding hydrogens is 314 g/mol. The van der Waals surface area contributed by atoms with Crippen molar-refractivity contribution in [1.82, 2.24) is 15.3 Å². The SMILES string of the molecule is Clc1ccccc1-c1nc(Br)c2c(n1)CCNC2. The molecule has 0 fully saturated rings. The van der Waals surface area contributed by atoms with Gasteiger partial charge in [0.25, 0.3) is 0 Å². The van der Waals surface area contributed by atoms with Crippen molar-refractivity contribution in [3.8, 4) is 11.4 Å². The highest BCUT2D eigenvalue weighted by Crippen LogP contribution is 2.28. The van der Waals surface area contributed by atoms with E-state index in [0.717, 1.165) is 40.9 Å². The largest absolute Gasteiger partial charge is 0.312 e. The molecule has 2 heterocycles. The Morgan fingerprint density at radius 3 is 2.89 bits per heavy atom. The second-order valence-corrected chi connectivity index (χ2v) is 5.33. The Morgan fingerprint density at radius 1 is 1.22 bits per heavy atom. The molecule has 1 aromatic heterocycles. The monoisotopic (exact) mass is 323 g/mol. The minimum atomic E-state index is 0.679. The molecule has 5 heteroatoms. The summed E-state index contributed by atoms with van der Waals surface area (Å²) >= 11 is 9.71. The molecule has 1 aliphatic rings. The Kier molecular flexibility index (Phi) is 3.33. The lowest BCUT2D eigenvalue weighted by molar-refractivity contribution is 0.623. The quantitative estimate of drug-likeness (QED) is 0.819. The summed E-state index contributed by atoms with van der Waals surface area (Å²) in [6, 6.07) is 7.65. The highest BCUT2D eigenvalue weighted by Gasteiger charge is 2.17. The maximum atomic E-state index is 6.19. The van der Waals surface area contributed by atoms with Gasteiger partial charge in [0.15, 0.2) is 5.82 Å². The minimum absolute atomic E-state index is 0.679. The van der Waals surface area contributed by atoms with Crippen molar-refractivity contribution in [1.29, 1.82) is 0 Å². The number of halogens is 2. The summed E-state index contributed by atoms with van der Waals surface area (Å²) in [5.74, 6) is 0.688. The number of hydrogen-bond donors (Lipinski definition) is 1. The van der Waals surface area contributed by atoms with Gasteiger partial charge in [-0.15, -0.1) is 0 Å². The minimum Gasteiger partial charge on any atom is -0.312 e. The molecule has 0 unspecified atom stereocenters. The molecule has 1 N–H and O–H groups in total. The van der Waals surface area contributed by atoms with Crippen LogP contribution in [0.3, 0.4) is 0 Å². The summed E-state index contributed by atoms with van der Waals surface area (Å²) in [7, 11) is 0. The van der Waals surface area contributed by atoms with E-state index in [1.165, 1.54) is 0 Å². The van der Waals surface area contributed by atoms with Gasteiger partial charge in [-0.1, -0.05) is 23.7 Å². The third-order valence-electron chi connectivity index (χ3n) is 3.00. The standard InChI is InChI=1S/C13H11BrClN3/c14-12-9-7-16-6-5-11(9)17-13(18-12)8-3-1-2-4-10(8)15/h1-4,16H,5-7H2. The maximum Gasteiger partial charge on any atom is 0.162 e. The normalized spacial score (nSPS) is 14.3. The van der Waals surface area contributed by atoms with E-state index >= 15 is 0 Å². The van der Waals surface area contributed by atoms with Crippen LogP contribution in [-0.2, 0) is 13.0 Å². The molecule has 0 radical (unpaired) electrons. The van der Waals surface area contributed by atoms with E-state index in [4.69, 9.17) is 11.6 Å². The van der Waals surface area contributed by atoms with Crippen molar-refractivity contribution in [3.05, 3.63) is 45.1 Å². The van der Waals surface area contributed by atoms with Gasteiger partial charge in [0.1, 0.15) is 4.60 Å². The summed E-state index contributed by atoms with van der Waals surface area (Å²) in [6.07, 6.45) is 0.925. The molecular formula is C13H11BrClN3. The van der Waals surface area contributed by atoms with Gasteiger partial charge in [-0.2, -0.15) is 0 Å². The maximum absolute atomic E-state index is 6.19. The molecule has 0 amide bonds. The molecule has 2 aromatic rings. The predicted molar refractivity (Wildman–Crippen MR) is 75.6 cm³/mol. The highest BCUT2D eigenvalue weighted by atomic mass is 79.9. The zero-order chi connectivity index (χ0) is 12.5. The molecule has 0 saturated carbocycles. The molecule has 92 valence electrons. The van der Waals surface area contributed by atoms with Crippen LogP contribution in [0, 0.1) is 0 Å². The van der Waals surface area contributed by atoms with E-state index in [-0.39, 0.29) is 0 Å². The molecule has 1 aromatic carbocycles. The second-order valence-electron chi connectivity index (χ2n) is 4.17. The fourth-order valence-corrected chi connectivity index (χ4v) is 2.82. The second kappa shape index (κ2) is 4.96. The molecule has 0 saturated heterocycles. The average Bonchev–Trinajstić information content (AvgIpc) is 2.39. The summed E-state index contributed by atoms with van der Waals surface area (Å²) in [4.78, 5) is 9.14. The van der Waals surface area contributed by atoms with Gasteiger partial charge in [0.2, 0.25) is 0 Å². The molecule has 0 bridgehead atoms. The van der Waals surface area contributed by atoms with Crippen molar-refractivity contribution in [2.24, 2.45) is 0 Å². The van der Waals surface area contributed by atoms with Gasteiger partial charge in [-0.3, -0.25) is 0 Å². The molecule has 18 heavy (non-hydrogen) atoms. The van der Waals surface area contributed by atoms with Crippen molar-refractivity contribution < 1.29 is 0 Å². The Morgan fingerprint density at radius 2 is 2.06 bits per heavy atom. The van der Waals surface area contributed by atoms with E-state index in [9.17, 15) is 0 Å². The first kappa shape index (κ1) is 12.1. The van der Waals surface area contributed by atoms with Crippen LogP contribution in [0.25, 0.3) is 11.4 Å². The fourth-order valence-electron chi connectivity index (χ4n) is 2.06. The number of rotatable bonds is 1. The number of aromatic nitrogens is 2. The zero-order valence-corrected chi connectivity index (χ0v) is 11.9. The van der Waals surface area contributed by atoms with Crippen molar-refractivity contribution in [2.75, 3.05) is 6.54 Å². The van der Waals surface area contributed by atoms with Crippen LogP contribution in [0.2, 0.25) is 5.02 Å². The first-order valence-electron chi connectivity index (χ1n) is 5.76. The first-order chi connectivity index (χ1) is 8.75. The Labute approximate surface area is 119 Å². The average molecular weight is 325 g/mol. The third-order valence-corrected chi connectivity index (χ3v) is 3.98. The van der Waals surface area contributed by atoms with Crippen LogP contribution in [0.4, 0.5) is 0 Å². The topological polar surface area (TPSA) is 37.8 Å². The molecule has 3 rings (SSSR count). The number of fused-ring (bicyclic) bond motifs is 1. The smallest absolute Gasteiger partial charge is 0.162 e. The number of nitrogens with zero attached hydrogens (tertiary/aromatic N) is 2. The number of benzene rings is 1. The highest BCUT2D eigenvalue weighted by molar-refractivity contribution is 9.10. The fraction of sp³-hybridized carbons (Fsp3) is 0.231. The molecule has 0 aliphatic carbocycles. The molecule has 1 aliphatic heterocycles. The summed E-state index contributed by atoms with van der Waals surface area (Å²) < 4.78 is 0.856. The zero-order valence-electron chi connectivity index (χ0n) is 9.58. The van der Waals surface area contributed by atoms with Gasteiger partial charge in [-0.25, -0.2) is 9.97 Å². The molecule has 3 nitrogen and oxygen atoms in total. The van der Waals surface area contributed by atoms with E-state index < -0.39 is 0 Å². The first-order valence-corrected chi connectivity index (χ1v) is 6.93. The van der Waals surface area contributed by atoms with Crippen LogP contribution in [0.5, 0.6) is 0 Å². The number of hydrogen-bond acceptors (Lipinski definition) is 3. The van der Waals surface area contributed by atoms with Gasteiger partial charge in [0.05, 0.1) is 10.7 Å². The van der Waals surface area contributed by atoms with E-state index in [2.05, 4.69) is 31.2 Å². The van der Waals surface area contributed by atoms with Crippen LogP contribution < -0.4 is 5.32 Å². The van der Waals surface area contributed by atoms with E-state index in [0.29, 0.717) is 10.8 Å². The van der Waals surface area contributed by atoms with E-state index in [1.807, 2.05) is 24.3 Å². The lowest BCUT2D eigenvalue weighted by atomic mass is 10.1. The van der Waals surface area contributed by atoms with Crippen molar-refractivity contribution in [2.45, 2.75) is 13.0 Å². The summed E-state index contributed by atoms with van der Waals surface area (Å²) in [6.45, 7) is 1.77. The number of nitrogens with one attached hydrogen (secondary N) is 1. The predicted octanol–water partition coefficient (Wildman–Crippen LogP) is 3.21. The molecule has 0 spiro atoms. The van der Waals surface area contributed by atoms with Gasteiger partial charge in [0, 0.05) is 30.6 Å².